The van der Waals surface area contributed by atoms with Gasteiger partial charge in [0.2, 0.25) is 0 Å². The first-order valence-electron chi connectivity index (χ1n) is 8.25. The van der Waals surface area contributed by atoms with Crippen LogP contribution in [0.2, 0.25) is 0 Å². The summed E-state index contributed by atoms with van der Waals surface area (Å²) in [6.45, 7) is 2.77. The Labute approximate surface area is 139 Å². The van der Waals surface area contributed by atoms with Crippen molar-refractivity contribution in [3.63, 3.8) is 0 Å². The molecule has 1 fully saturated rings. The van der Waals surface area contributed by atoms with Crippen LogP contribution in [0.1, 0.15) is 47.2 Å². The fraction of sp³-hybridized carbons (Fsp3) is 0.412. The lowest BCUT2D eigenvalue weighted by Crippen LogP contribution is -2.39. The molecule has 0 spiro atoms. The lowest BCUT2D eigenvalue weighted by molar-refractivity contribution is 0.0594. The number of amides is 1. The van der Waals surface area contributed by atoms with Crippen molar-refractivity contribution in [1.82, 2.24) is 29.3 Å². The number of aromatic nitrogens is 5. The molecule has 3 aromatic rings. The van der Waals surface area contributed by atoms with Crippen LogP contribution in [0.25, 0.3) is 5.65 Å². The van der Waals surface area contributed by atoms with Gasteiger partial charge in [0, 0.05) is 31.5 Å². The van der Waals surface area contributed by atoms with Crippen molar-refractivity contribution < 1.29 is 4.79 Å². The topological polar surface area (TPSA) is 68.3 Å². The Morgan fingerprint density at radius 2 is 2.04 bits per heavy atom. The Kier molecular flexibility index (Phi) is 3.55. The van der Waals surface area contributed by atoms with Crippen molar-refractivity contribution in [2.75, 3.05) is 6.54 Å². The minimum absolute atomic E-state index is 0.000231. The van der Waals surface area contributed by atoms with Crippen molar-refractivity contribution >= 4 is 11.6 Å². The highest BCUT2D eigenvalue weighted by Gasteiger charge is 2.31. The number of carbonyl (C=O) groups is 1. The summed E-state index contributed by atoms with van der Waals surface area (Å²) in [4.78, 5) is 19.7. The Balaban J connectivity index is 1.73. The minimum Gasteiger partial charge on any atom is -0.329 e. The number of nitrogens with zero attached hydrogens (tertiary/aromatic N) is 6. The molecule has 1 aliphatic heterocycles. The van der Waals surface area contributed by atoms with Crippen molar-refractivity contribution in [3.8, 4) is 0 Å². The number of likely N-dealkylation sites (tertiary alicyclic amines) is 1. The second-order valence-corrected chi connectivity index (χ2v) is 6.27. The number of piperidine rings is 1. The van der Waals surface area contributed by atoms with Crippen molar-refractivity contribution in [2.24, 2.45) is 7.05 Å². The third kappa shape index (κ3) is 2.36. The van der Waals surface area contributed by atoms with E-state index in [1.54, 1.807) is 30.2 Å². The van der Waals surface area contributed by atoms with Gasteiger partial charge >= 0.3 is 0 Å². The van der Waals surface area contributed by atoms with E-state index in [4.69, 9.17) is 4.98 Å². The maximum Gasteiger partial charge on any atom is 0.272 e. The Hall–Kier alpha value is -2.70. The van der Waals surface area contributed by atoms with Gasteiger partial charge in [-0.05, 0) is 38.3 Å². The molecule has 124 valence electrons. The predicted octanol–water partition coefficient (Wildman–Crippen LogP) is 2.14. The van der Waals surface area contributed by atoms with Crippen LogP contribution in [0.5, 0.6) is 0 Å². The average Bonchev–Trinajstić information content (AvgIpc) is 3.23. The summed E-state index contributed by atoms with van der Waals surface area (Å²) in [5, 5.41) is 8.39. The molecule has 1 saturated heterocycles. The molecule has 4 rings (SSSR count). The molecular formula is C17H20N6O. The van der Waals surface area contributed by atoms with E-state index < -0.39 is 0 Å². The maximum atomic E-state index is 13.0. The predicted molar refractivity (Wildman–Crippen MR) is 88.6 cm³/mol. The van der Waals surface area contributed by atoms with Crippen LogP contribution in [0.3, 0.4) is 0 Å². The van der Waals surface area contributed by atoms with Gasteiger partial charge in [-0.2, -0.15) is 10.2 Å². The summed E-state index contributed by atoms with van der Waals surface area (Å²) in [5.41, 5.74) is 3.40. The molecule has 7 nitrogen and oxygen atoms in total. The SMILES string of the molecule is Cc1cc([C@@H]2CCCCN2C(=O)c2ccnn2C)nc2ccnn12. The summed E-state index contributed by atoms with van der Waals surface area (Å²) in [6.07, 6.45) is 6.46. The van der Waals surface area contributed by atoms with Gasteiger partial charge in [-0.3, -0.25) is 9.48 Å². The van der Waals surface area contributed by atoms with Crippen LogP contribution in [0.15, 0.2) is 30.6 Å². The van der Waals surface area contributed by atoms with Crippen molar-refractivity contribution in [1.29, 1.82) is 0 Å². The first-order valence-corrected chi connectivity index (χ1v) is 8.25. The molecular weight excluding hydrogens is 304 g/mol. The number of rotatable bonds is 2. The Morgan fingerprint density at radius 3 is 2.83 bits per heavy atom. The van der Waals surface area contributed by atoms with E-state index in [0.717, 1.165) is 42.8 Å². The molecule has 0 unspecified atom stereocenters. The first kappa shape index (κ1) is 14.9. The summed E-state index contributed by atoms with van der Waals surface area (Å²) >= 11 is 0. The lowest BCUT2D eigenvalue weighted by Gasteiger charge is -2.35. The summed E-state index contributed by atoms with van der Waals surface area (Å²) in [5.74, 6) is 0.0209. The van der Waals surface area contributed by atoms with Gasteiger partial charge in [-0.25, -0.2) is 9.50 Å². The molecule has 0 aromatic carbocycles. The largest absolute Gasteiger partial charge is 0.329 e. The Morgan fingerprint density at radius 1 is 1.21 bits per heavy atom. The van der Waals surface area contributed by atoms with E-state index in [9.17, 15) is 4.79 Å². The normalized spacial score (nSPS) is 18.2. The second-order valence-electron chi connectivity index (χ2n) is 6.27. The van der Waals surface area contributed by atoms with Crippen LogP contribution in [0, 0.1) is 6.92 Å². The molecule has 0 bridgehead atoms. The zero-order valence-electron chi connectivity index (χ0n) is 13.9. The van der Waals surface area contributed by atoms with Gasteiger partial charge in [-0.15, -0.1) is 0 Å². The molecule has 1 aliphatic rings. The van der Waals surface area contributed by atoms with Crippen LogP contribution >= 0.6 is 0 Å². The van der Waals surface area contributed by atoms with Gasteiger partial charge in [0.1, 0.15) is 5.69 Å². The maximum absolute atomic E-state index is 13.0. The van der Waals surface area contributed by atoms with E-state index in [1.807, 2.05) is 28.5 Å². The van der Waals surface area contributed by atoms with Gasteiger partial charge < -0.3 is 4.90 Å². The lowest BCUT2D eigenvalue weighted by atomic mass is 9.98. The summed E-state index contributed by atoms with van der Waals surface area (Å²) < 4.78 is 3.45. The molecule has 0 radical (unpaired) electrons. The van der Waals surface area contributed by atoms with Crippen LogP contribution < -0.4 is 0 Å². The third-order valence-electron chi connectivity index (χ3n) is 4.70. The van der Waals surface area contributed by atoms with E-state index in [0.29, 0.717) is 5.69 Å². The van der Waals surface area contributed by atoms with E-state index in [1.165, 1.54) is 0 Å². The summed E-state index contributed by atoms with van der Waals surface area (Å²) in [6, 6.07) is 5.71. The van der Waals surface area contributed by atoms with Gasteiger partial charge in [0.25, 0.3) is 5.91 Å². The molecule has 24 heavy (non-hydrogen) atoms. The smallest absolute Gasteiger partial charge is 0.272 e. The van der Waals surface area contributed by atoms with Gasteiger partial charge in [0.05, 0.1) is 17.9 Å². The van der Waals surface area contributed by atoms with E-state index in [2.05, 4.69) is 10.2 Å². The van der Waals surface area contributed by atoms with Crippen molar-refractivity contribution in [3.05, 3.63) is 47.7 Å². The highest BCUT2D eigenvalue weighted by molar-refractivity contribution is 5.92. The first-order chi connectivity index (χ1) is 11.6. The molecule has 1 atom stereocenters. The molecule has 0 N–H and O–H groups in total. The molecule has 4 heterocycles. The zero-order chi connectivity index (χ0) is 16.7. The summed E-state index contributed by atoms with van der Waals surface area (Å²) in [7, 11) is 1.80. The molecule has 1 amide bonds. The highest BCUT2D eigenvalue weighted by atomic mass is 16.2. The quantitative estimate of drug-likeness (QED) is 0.724. The number of hydrogen-bond acceptors (Lipinski definition) is 4. The second kappa shape index (κ2) is 5.74. The number of aryl methyl sites for hydroxylation is 2. The average molecular weight is 324 g/mol. The zero-order valence-corrected chi connectivity index (χ0v) is 13.9. The Bertz CT molecular complexity index is 896. The highest BCUT2D eigenvalue weighted by Crippen LogP contribution is 2.31. The number of carbonyl (C=O) groups excluding carboxylic acids is 1. The standard InChI is InChI=1S/C17H20N6O/c1-12-11-13(20-16-7-9-19-23(12)16)14-5-3-4-10-22(14)17(24)15-6-8-18-21(15)2/h6-9,11,14H,3-5,10H2,1-2H3/t14-/m0/s1. The van der Waals surface area contributed by atoms with E-state index in [-0.39, 0.29) is 11.9 Å². The number of fused-ring (bicyclic) bond motifs is 1. The molecule has 0 saturated carbocycles. The minimum atomic E-state index is -0.000231. The number of hydrogen-bond donors (Lipinski definition) is 0. The molecule has 7 heteroatoms. The van der Waals surface area contributed by atoms with Gasteiger partial charge in [0.15, 0.2) is 5.65 Å². The fourth-order valence-electron chi connectivity index (χ4n) is 3.48. The molecule has 0 aliphatic carbocycles. The van der Waals surface area contributed by atoms with Crippen molar-refractivity contribution in [2.45, 2.75) is 32.2 Å². The monoisotopic (exact) mass is 324 g/mol. The van der Waals surface area contributed by atoms with Gasteiger partial charge in [-0.1, -0.05) is 0 Å². The fourth-order valence-corrected chi connectivity index (χ4v) is 3.48. The van der Waals surface area contributed by atoms with E-state index >= 15 is 0 Å². The molecule has 3 aromatic heterocycles. The third-order valence-corrected chi connectivity index (χ3v) is 4.70. The van der Waals surface area contributed by atoms with Crippen LogP contribution in [-0.4, -0.2) is 41.7 Å². The van der Waals surface area contributed by atoms with Crippen LogP contribution in [-0.2, 0) is 7.05 Å². The van der Waals surface area contributed by atoms with Crippen LogP contribution in [0.4, 0.5) is 0 Å².